The van der Waals surface area contributed by atoms with Crippen molar-refractivity contribution in [1.29, 1.82) is 0 Å². The van der Waals surface area contributed by atoms with E-state index < -0.39 is 0 Å². The van der Waals surface area contributed by atoms with Crippen LogP contribution >= 0.6 is 0 Å². The molecule has 4 heteroatoms. The molecule has 0 saturated heterocycles. The van der Waals surface area contributed by atoms with E-state index in [9.17, 15) is 4.79 Å². The Morgan fingerprint density at radius 2 is 1.90 bits per heavy atom. The normalized spacial score (nSPS) is 10.1. The van der Waals surface area contributed by atoms with Crippen LogP contribution in [0.2, 0.25) is 0 Å². The standard InChI is InChI=1S/C16H17NO3/c1-2-19-16(18)13-8-9-14(17)15(10-13)20-11-12-6-4-3-5-7-12/h3-10H,2,11,17H2,1H3. The van der Waals surface area contributed by atoms with Gasteiger partial charge in [0.2, 0.25) is 0 Å². The molecule has 2 aromatic carbocycles. The maximum Gasteiger partial charge on any atom is 0.338 e. The summed E-state index contributed by atoms with van der Waals surface area (Å²) in [6.07, 6.45) is 0. The Balaban J connectivity index is 2.10. The highest BCUT2D eigenvalue weighted by Crippen LogP contribution is 2.24. The Hall–Kier alpha value is -2.49. The average Bonchev–Trinajstić information content (AvgIpc) is 2.47. The number of nitrogen functional groups attached to an aromatic ring is 1. The van der Waals surface area contributed by atoms with E-state index in [0.717, 1.165) is 5.56 Å². The summed E-state index contributed by atoms with van der Waals surface area (Å²) < 4.78 is 10.6. The number of rotatable bonds is 5. The first-order chi connectivity index (χ1) is 9.70. The summed E-state index contributed by atoms with van der Waals surface area (Å²) >= 11 is 0. The topological polar surface area (TPSA) is 61.5 Å². The maximum atomic E-state index is 11.7. The number of hydrogen-bond donors (Lipinski definition) is 1. The lowest BCUT2D eigenvalue weighted by Crippen LogP contribution is -2.06. The molecule has 0 saturated carbocycles. The lowest BCUT2D eigenvalue weighted by atomic mass is 10.2. The predicted molar refractivity (Wildman–Crippen MR) is 77.6 cm³/mol. The number of ether oxygens (including phenoxy) is 2. The highest BCUT2D eigenvalue weighted by molar-refractivity contribution is 5.90. The third-order valence-electron chi connectivity index (χ3n) is 2.76. The smallest absolute Gasteiger partial charge is 0.338 e. The van der Waals surface area contributed by atoms with Crippen molar-refractivity contribution in [2.24, 2.45) is 0 Å². The van der Waals surface area contributed by atoms with Gasteiger partial charge in [0.05, 0.1) is 17.9 Å². The van der Waals surface area contributed by atoms with Gasteiger partial charge in [0.1, 0.15) is 12.4 Å². The van der Waals surface area contributed by atoms with Crippen LogP contribution in [0.3, 0.4) is 0 Å². The van der Waals surface area contributed by atoms with Gasteiger partial charge in [0.25, 0.3) is 0 Å². The molecule has 0 fully saturated rings. The summed E-state index contributed by atoms with van der Waals surface area (Å²) in [5.41, 5.74) is 7.81. The van der Waals surface area contributed by atoms with Crippen molar-refractivity contribution in [1.82, 2.24) is 0 Å². The van der Waals surface area contributed by atoms with Crippen LogP contribution < -0.4 is 10.5 Å². The Morgan fingerprint density at radius 1 is 1.15 bits per heavy atom. The second-order valence-corrected chi connectivity index (χ2v) is 4.25. The molecular weight excluding hydrogens is 254 g/mol. The molecule has 20 heavy (non-hydrogen) atoms. The largest absolute Gasteiger partial charge is 0.487 e. The highest BCUT2D eigenvalue weighted by atomic mass is 16.5. The average molecular weight is 271 g/mol. The van der Waals surface area contributed by atoms with Gasteiger partial charge in [-0.15, -0.1) is 0 Å². The van der Waals surface area contributed by atoms with Gasteiger partial charge in [-0.05, 0) is 30.7 Å². The number of nitrogens with two attached hydrogens (primary N) is 1. The third-order valence-corrected chi connectivity index (χ3v) is 2.76. The number of hydrogen-bond acceptors (Lipinski definition) is 4. The van der Waals surface area contributed by atoms with Crippen LogP contribution in [-0.4, -0.2) is 12.6 Å². The molecule has 0 aliphatic rings. The van der Waals surface area contributed by atoms with E-state index in [0.29, 0.717) is 30.2 Å². The molecular formula is C16H17NO3. The van der Waals surface area contributed by atoms with E-state index in [1.807, 2.05) is 30.3 Å². The Kier molecular flexibility index (Phi) is 4.60. The van der Waals surface area contributed by atoms with Crippen LogP contribution in [0, 0.1) is 0 Å². The van der Waals surface area contributed by atoms with Crippen molar-refractivity contribution < 1.29 is 14.3 Å². The summed E-state index contributed by atoms with van der Waals surface area (Å²) in [6, 6.07) is 14.6. The van der Waals surface area contributed by atoms with E-state index >= 15 is 0 Å². The van der Waals surface area contributed by atoms with E-state index in [4.69, 9.17) is 15.2 Å². The van der Waals surface area contributed by atoms with Gasteiger partial charge >= 0.3 is 5.97 Å². The van der Waals surface area contributed by atoms with E-state index in [1.165, 1.54) is 0 Å². The minimum absolute atomic E-state index is 0.337. The third kappa shape index (κ3) is 3.51. The summed E-state index contributed by atoms with van der Waals surface area (Å²) in [5, 5.41) is 0. The molecule has 2 aromatic rings. The number of carbonyl (C=O) groups excluding carboxylic acids is 1. The van der Waals surface area contributed by atoms with Crippen molar-refractivity contribution in [3.63, 3.8) is 0 Å². The molecule has 104 valence electrons. The fraction of sp³-hybridized carbons (Fsp3) is 0.188. The molecule has 0 unspecified atom stereocenters. The first kappa shape index (κ1) is 13.9. The Morgan fingerprint density at radius 3 is 2.60 bits per heavy atom. The van der Waals surface area contributed by atoms with Crippen molar-refractivity contribution in [3.05, 3.63) is 59.7 Å². The fourth-order valence-corrected chi connectivity index (χ4v) is 1.74. The van der Waals surface area contributed by atoms with E-state index in [-0.39, 0.29) is 5.97 Å². The number of carbonyl (C=O) groups is 1. The summed E-state index contributed by atoms with van der Waals surface area (Å²) in [4.78, 5) is 11.7. The van der Waals surface area contributed by atoms with Gasteiger partial charge in [-0.2, -0.15) is 0 Å². The minimum Gasteiger partial charge on any atom is -0.487 e. The molecule has 2 N–H and O–H groups in total. The molecule has 0 aliphatic heterocycles. The molecule has 0 aliphatic carbocycles. The van der Waals surface area contributed by atoms with Gasteiger partial charge in [-0.3, -0.25) is 0 Å². The predicted octanol–water partition coefficient (Wildman–Crippen LogP) is 3.02. The van der Waals surface area contributed by atoms with Gasteiger partial charge < -0.3 is 15.2 Å². The van der Waals surface area contributed by atoms with Crippen molar-refractivity contribution in [3.8, 4) is 5.75 Å². The Bertz CT molecular complexity index is 582. The first-order valence-corrected chi connectivity index (χ1v) is 6.44. The van der Waals surface area contributed by atoms with E-state index in [2.05, 4.69) is 0 Å². The Labute approximate surface area is 118 Å². The van der Waals surface area contributed by atoms with Gasteiger partial charge in [-0.1, -0.05) is 30.3 Å². The van der Waals surface area contributed by atoms with Gasteiger partial charge in [0.15, 0.2) is 0 Å². The lowest BCUT2D eigenvalue weighted by molar-refractivity contribution is 0.0526. The van der Waals surface area contributed by atoms with E-state index in [1.54, 1.807) is 25.1 Å². The van der Waals surface area contributed by atoms with Gasteiger partial charge in [-0.25, -0.2) is 4.79 Å². The molecule has 0 heterocycles. The van der Waals surface area contributed by atoms with Crippen LogP contribution in [-0.2, 0) is 11.3 Å². The monoisotopic (exact) mass is 271 g/mol. The molecule has 0 aromatic heterocycles. The zero-order chi connectivity index (χ0) is 14.4. The lowest BCUT2D eigenvalue weighted by Gasteiger charge is -2.10. The quantitative estimate of drug-likeness (QED) is 0.670. The molecule has 0 bridgehead atoms. The zero-order valence-electron chi connectivity index (χ0n) is 11.3. The second kappa shape index (κ2) is 6.61. The molecule has 0 radical (unpaired) electrons. The van der Waals surface area contributed by atoms with Crippen LogP contribution in [0.1, 0.15) is 22.8 Å². The number of esters is 1. The number of benzene rings is 2. The van der Waals surface area contributed by atoms with Crippen molar-refractivity contribution >= 4 is 11.7 Å². The SMILES string of the molecule is CCOC(=O)c1ccc(N)c(OCc2ccccc2)c1. The summed E-state index contributed by atoms with van der Waals surface area (Å²) in [6.45, 7) is 2.50. The van der Waals surface area contributed by atoms with Gasteiger partial charge in [0, 0.05) is 0 Å². The fourth-order valence-electron chi connectivity index (χ4n) is 1.74. The summed E-state index contributed by atoms with van der Waals surface area (Å²) in [7, 11) is 0. The molecule has 0 amide bonds. The van der Waals surface area contributed by atoms with Crippen LogP contribution in [0.15, 0.2) is 48.5 Å². The van der Waals surface area contributed by atoms with Crippen molar-refractivity contribution in [2.75, 3.05) is 12.3 Å². The molecule has 0 atom stereocenters. The molecule has 0 spiro atoms. The van der Waals surface area contributed by atoms with Crippen molar-refractivity contribution in [2.45, 2.75) is 13.5 Å². The minimum atomic E-state index is -0.378. The van der Waals surface area contributed by atoms with Crippen LogP contribution in [0.4, 0.5) is 5.69 Å². The van der Waals surface area contributed by atoms with Crippen LogP contribution in [0.25, 0.3) is 0 Å². The highest BCUT2D eigenvalue weighted by Gasteiger charge is 2.10. The summed E-state index contributed by atoms with van der Waals surface area (Å²) in [5.74, 6) is 0.108. The number of anilines is 1. The zero-order valence-corrected chi connectivity index (χ0v) is 11.3. The maximum absolute atomic E-state index is 11.7. The molecule has 2 rings (SSSR count). The first-order valence-electron chi connectivity index (χ1n) is 6.44. The van der Waals surface area contributed by atoms with Crippen LogP contribution in [0.5, 0.6) is 5.75 Å². The second-order valence-electron chi connectivity index (χ2n) is 4.25. The molecule has 4 nitrogen and oxygen atoms in total.